The molecule has 146 valence electrons. The summed E-state index contributed by atoms with van der Waals surface area (Å²) in [4.78, 5) is 26.8. The smallest absolute Gasteiger partial charge is 0.277 e. The molecule has 0 bridgehead atoms. The van der Waals surface area contributed by atoms with Crippen LogP contribution in [0.5, 0.6) is 17.2 Å². The topological polar surface area (TPSA) is 65.1 Å². The summed E-state index contributed by atoms with van der Waals surface area (Å²) in [5, 5.41) is -0.134. The first-order valence-corrected chi connectivity index (χ1v) is 9.13. The van der Waals surface area contributed by atoms with Crippen molar-refractivity contribution in [3.63, 3.8) is 0 Å². The number of halogens is 1. The molecule has 0 aromatic heterocycles. The van der Waals surface area contributed by atoms with Gasteiger partial charge < -0.3 is 14.2 Å². The predicted molar refractivity (Wildman–Crippen MR) is 107 cm³/mol. The van der Waals surface area contributed by atoms with Crippen LogP contribution in [0.15, 0.2) is 47.5 Å². The highest BCUT2D eigenvalue weighted by Gasteiger charge is 2.40. The predicted octanol–water partition coefficient (Wildman–Crippen LogP) is 4.02. The molecule has 0 N–H and O–H groups in total. The van der Waals surface area contributed by atoms with Gasteiger partial charge in [-0.2, -0.15) is 0 Å². The van der Waals surface area contributed by atoms with E-state index < -0.39 is 11.8 Å². The van der Waals surface area contributed by atoms with Gasteiger partial charge in [0.25, 0.3) is 11.8 Å². The second-order valence-electron chi connectivity index (χ2n) is 6.05. The maximum Gasteiger partial charge on any atom is 0.277 e. The van der Waals surface area contributed by atoms with Gasteiger partial charge in [0.1, 0.15) is 22.3 Å². The van der Waals surface area contributed by atoms with Gasteiger partial charge in [0.05, 0.1) is 32.1 Å². The molecule has 2 amide bonds. The molecule has 0 fully saturated rings. The Kier molecular flexibility index (Phi) is 5.90. The van der Waals surface area contributed by atoms with E-state index in [-0.39, 0.29) is 10.6 Å². The van der Waals surface area contributed by atoms with E-state index in [2.05, 4.69) is 0 Å². The summed E-state index contributed by atoms with van der Waals surface area (Å²) < 4.78 is 16.0. The first-order chi connectivity index (χ1) is 13.5. The number of amides is 2. The third-order valence-corrected chi connectivity index (χ3v) is 4.62. The molecule has 1 aliphatic heterocycles. The monoisotopic (exact) mass is 401 g/mol. The summed E-state index contributed by atoms with van der Waals surface area (Å²) in [6.45, 7) is 2.62. The van der Waals surface area contributed by atoms with Crippen molar-refractivity contribution in [2.45, 2.75) is 13.3 Å². The fourth-order valence-electron chi connectivity index (χ4n) is 2.88. The van der Waals surface area contributed by atoms with E-state index in [9.17, 15) is 9.59 Å². The molecule has 6 nitrogen and oxygen atoms in total. The van der Waals surface area contributed by atoms with Gasteiger partial charge in [0.15, 0.2) is 0 Å². The Morgan fingerprint density at radius 2 is 1.61 bits per heavy atom. The molecule has 1 heterocycles. The van der Waals surface area contributed by atoms with Crippen molar-refractivity contribution in [3.05, 3.63) is 53.1 Å². The number of imide groups is 1. The molecule has 0 atom stereocenters. The van der Waals surface area contributed by atoms with Crippen LogP contribution in [0.2, 0.25) is 0 Å². The molecule has 0 saturated carbocycles. The number of ether oxygens (including phenoxy) is 3. The quantitative estimate of drug-likeness (QED) is 0.656. The van der Waals surface area contributed by atoms with Crippen molar-refractivity contribution in [2.75, 3.05) is 25.7 Å². The summed E-state index contributed by atoms with van der Waals surface area (Å²) in [5.41, 5.74) is 0.989. The summed E-state index contributed by atoms with van der Waals surface area (Å²) in [6, 6.07) is 11.7. The molecule has 0 saturated heterocycles. The Morgan fingerprint density at radius 3 is 2.21 bits per heavy atom. The van der Waals surface area contributed by atoms with E-state index in [1.165, 1.54) is 14.2 Å². The van der Waals surface area contributed by atoms with Gasteiger partial charge in [-0.3, -0.25) is 9.59 Å². The van der Waals surface area contributed by atoms with Crippen molar-refractivity contribution < 1.29 is 23.8 Å². The molecule has 7 heteroatoms. The SMILES string of the molecule is CCCOc1ccc(C2=C(Cl)C(=O)N(c3ccc(OC)cc3OC)C2=O)cc1. The van der Waals surface area contributed by atoms with E-state index in [1.54, 1.807) is 42.5 Å². The average Bonchev–Trinajstić information content (AvgIpc) is 2.94. The van der Waals surface area contributed by atoms with Crippen LogP contribution in [0.4, 0.5) is 5.69 Å². The number of methoxy groups -OCH3 is 2. The number of benzene rings is 2. The van der Waals surface area contributed by atoms with Crippen LogP contribution >= 0.6 is 11.6 Å². The van der Waals surface area contributed by atoms with Crippen molar-refractivity contribution >= 4 is 34.7 Å². The largest absolute Gasteiger partial charge is 0.497 e. The van der Waals surface area contributed by atoms with Gasteiger partial charge in [-0.05, 0) is 36.2 Å². The summed E-state index contributed by atoms with van der Waals surface area (Å²) in [7, 11) is 2.97. The third kappa shape index (κ3) is 3.55. The Balaban J connectivity index is 1.94. The lowest BCUT2D eigenvalue weighted by Crippen LogP contribution is -2.31. The third-order valence-electron chi connectivity index (χ3n) is 4.27. The van der Waals surface area contributed by atoms with Crippen LogP contribution in [0, 0.1) is 0 Å². The standard InChI is InChI=1S/C21H20ClNO5/c1-4-11-28-14-7-5-13(6-8-14)18-19(22)21(25)23(20(18)24)16-10-9-15(26-2)12-17(16)27-3/h5-10,12H,4,11H2,1-3H3. The Bertz CT molecular complexity index is 936. The van der Waals surface area contributed by atoms with Gasteiger partial charge >= 0.3 is 0 Å². The Labute approximate surface area is 168 Å². The van der Waals surface area contributed by atoms with Crippen LogP contribution in [-0.2, 0) is 9.59 Å². The fourth-order valence-corrected chi connectivity index (χ4v) is 3.15. The zero-order chi connectivity index (χ0) is 20.3. The Hall–Kier alpha value is -2.99. The highest BCUT2D eigenvalue weighted by atomic mass is 35.5. The number of anilines is 1. The maximum atomic E-state index is 13.1. The molecular weight excluding hydrogens is 382 g/mol. The normalized spacial score (nSPS) is 13.9. The zero-order valence-electron chi connectivity index (χ0n) is 15.8. The minimum atomic E-state index is -0.601. The molecule has 0 spiro atoms. The van der Waals surface area contributed by atoms with E-state index in [1.807, 2.05) is 6.92 Å². The second-order valence-corrected chi connectivity index (χ2v) is 6.42. The average molecular weight is 402 g/mol. The molecule has 0 radical (unpaired) electrons. The van der Waals surface area contributed by atoms with Gasteiger partial charge in [-0.15, -0.1) is 0 Å². The van der Waals surface area contributed by atoms with Crippen LogP contribution in [-0.4, -0.2) is 32.6 Å². The molecule has 0 aliphatic carbocycles. The van der Waals surface area contributed by atoms with Crippen LogP contribution in [0.1, 0.15) is 18.9 Å². The molecule has 0 unspecified atom stereocenters. The summed E-state index contributed by atoms with van der Waals surface area (Å²) in [6.07, 6.45) is 0.893. The van der Waals surface area contributed by atoms with Crippen LogP contribution in [0.25, 0.3) is 5.57 Å². The van der Waals surface area contributed by atoms with Gasteiger partial charge in [-0.25, -0.2) is 4.90 Å². The molecule has 28 heavy (non-hydrogen) atoms. The first kappa shape index (κ1) is 19.8. The number of nitrogens with zero attached hydrogens (tertiary/aromatic N) is 1. The van der Waals surface area contributed by atoms with Crippen molar-refractivity contribution in [1.29, 1.82) is 0 Å². The van der Waals surface area contributed by atoms with E-state index >= 15 is 0 Å². The highest BCUT2D eigenvalue weighted by Crippen LogP contribution is 2.40. The lowest BCUT2D eigenvalue weighted by Gasteiger charge is -2.18. The second kappa shape index (κ2) is 8.35. The number of carbonyl (C=O) groups is 2. The maximum absolute atomic E-state index is 13.1. The van der Waals surface area contributed by atoms with Crippen LogP contribution in [0.3, 0.4) is 0 Å². The minimum absolute atomic E-state index is 0.134. The fraction of sp³-hybridized carbons (Fsp3) is 0.238. The molecule has 2 aromatic carbocycles. The molecule has 1 aliphatic rings. The van der Waals surface area contributed by atoms with Gasteiger partial charge in [0.2, 0.25) is 0 Å². The highest BCUT2D eigenvalue weighted by molar-refractivity contribution is 6.60. The number of carbonyl (C=O) groups excluding carboxylic acids is 2. The first-order valence-electron chi connectivity index (χ1n) is 8.75. The molecular formula is C21H20ClNO5. The molecule has 3 rings (SSSR count). The summed E-state index contributed by atoms with van der Waals surface area (Å²) in [5.74, 6) is 0.446. The van der Waals surface area contributed by atoms with Crippen molar-refractivity contribution in [2.24, 2.45) is 0 Å². The lowest BCUT2D eigenvalue weighted by atomic mass is 10.1. The van der Waals surface area contributed by atoms with Crippen LogP contribution < -0.4 is 19.1 Å². The number of hydrogen-bond donors (Lipinski definition) is 0. The van der Waals surface area contributed by atoms with E-state index in [4.69, 9.17) is 25.8 Å². The van der Waals surface area contributed by atoms with Gasteiger partial charge in [-0.1, -0.05) is 30.7 Å². The van der Waals surface area contributed by atoms with E-state index in [0.29, 0.717) is 35.1 Å². The molecule has 2 aromatic rings. The van der Waals surface area contributed by atoms with Gasteiger partial charge in [0, 0.05) is 6.07 Å². The number of hydrogen-bond acceptors (Lipinski definition) is 5. The minimum Gasteiger partial charge on any atom is -0.497 e. The Morgan fingerprint density at radius 1 is 0.929 bits per heavy atom. The number of rotatable bonds is 7. The van der Waals surface area contributed by atoms with E-state index in [0.717, 1.165) is 11.3 Å². The van der Waals surface area contributed by atoms with Crippen molar-refractivity contribution in [1.82, 2.24) is 0 Å². The lowest BCUT2D eigenvalue weighted by molar-refractivity contribution is -0.119. The van der Waals surface area contributed by atoms with Crippen molar-refractivity contribution in [3.8, 4) is 17.2 Å². The zero-order valence-corrected chi connectivity index (χ0v) is 16.6. The summed E-state index contributed by atoms with van der Waals surface area (Å²) >= 11 is 6.25.